The third kappa shape index (κ3) is 7.76. The van der Waals surface area contributed by atoms with Gasteiger partial charge in [0.25, 0.3) is 5.91 Å². The molecule has 2 aromatic carbocycles. The zero-order valence-electron chi connectivity index (χ0n) is 23.7. The average molecular weight is 642 g/mol. The molecule has 0 bridgehead atoms. The number of carbonyl (C=O) groups is 3. The summed E-state index contributed by atoms with van der Waals surface area (Å²) < 4.78 is 70.3. The lowest BCUT2D eigenvalue weighted by atomic mass is 9.97. The quantitative estimate of drug-likeness (QED) is 0.143. The number of alkyl halides is 3. The molecular weight excluding hydrogens is 618 g/mol. The SMILES string of the molecule is COCOc1cc(F)ccc1-c1cc(-c2cccc(N(CCNC(=O)O)C(=O)C(F)(F)F)c2)c(C#N)c(NC(=O)c2ccco2)n1. The number of nitrogens with zero attached hydrogens (tertiary/aromatic N) is 3. The van der Waals surface area contributed by atoms with Crippen molar-refractivity contribution in [2.45, 2.75) is 6.18 Å². The van der Waals surface area contributed by atoms with Crippen LogP contribution in [0, 0.1) is 17.1 Å². The van der Waals surface area contributed by atoms with Crippen molar-refractivity contribution in [1.82, 2.24) is 10.3 Å². The summed E-state index contributed by atoms with van der Waals surface area (Å²) in [4.78, 5) is 40.9. The number of carbonyl (C=O) groups excluding carboxylic acids is 2. The normalized spacial score (nSPS) is 11.0. The average Bonchev–Trinajstić information content (AvgIpc) is 3.56. The van der Waals surface area contributed by atoms with E-state index in [0.29, 0.717) is 4.90 Å². The van der Waals surface area contributed by atoms with Crippen molar-refractivity contribution in [1.29, 1.82) is 5.26 Å². The molecule has 2 aromatic heterocycles. The molecule has 0 saturated carbocycles. The maximum absolute atomic E-state index is 14.2. The number of benzene rings is 2. The van der Waals surface area contributed by atoms with Gasteiger partial charge in [-0.05, 0) is 48.0 Å². The molecule has 4 rings (SSSR count). The van der Waals surface area contributed by atoms with Crippen LogP contribution in [0.5, 0.6) is 5.75 Å². The first-order valence-corrected chi connectivity index (χ1v) is 13.1. The Labute approximate surface area is 257 Å². The van der Waals surface area contributed by atoms with E-state index >= 15 is 0 Å². The molecule has 3 N–H and O–H groups in total. The van der Waals surface area contributed by atoms with E-state index in [-0.39, 0.29) is 57.8 Å². The molecule has 2 heterocycles. The van der Waals surface area contributed by atoms with Crippen molar-refractivity contribution in [3.63, 3.8) is 0 Å². The summed E-state index contributed by atoms with van der Waals surface area (Å²) in [7, 11) is 1.34. The lowest BCUT2D eigenvalue weighted by Crippen LogP contribution is -2.45. The maximum Gasteiger partial charge on any atom is 0.471 e. The lowest BCUT2D eigenvalue weighted by molar-refractivity contribution is -0.170. The third-order valence-electron chi connectivity index (χ3n) is 6.23. The summed E-state index contributed by atoms with van der Waals surface area (Å²) in [6.07, 6.45) is -5.56. The van der Waals surface area contributed by atoms with Gasteiger partial charge in [0, 0.05) is 43.1 Å². The predicted molar refractivity (Wildman–Crippen MR) is 153 cm³/mol. The smallest absolute Gasteiger partial charge is 0.467 e. The third-order valence-corrected chi connectivity index (χ3v) is 6.23. The number of amides is 3. The fourth-order valence-electron chi connectivity index (χ4n) is 4.26. The minimum absolute atomic E-state index is 0.0186. The van der Waals surface area contributed by atoms with Gasteiger partial charge < -0.3 is 34.5 Å². The molecule has 0 saturated heterocycles. The summed E-state index contributed by atoms with van der Waals surface area (Å²) in [6, 6.07) is 14.7. The van der Waals surface area contributed by atoms with Gasteiger partial charge in [0.1, 0.15) is 23.2 Å². The molecule has 0 aliphatic rings. The van der Waals surface area contributed by atoms with Crippen LogP contribution in [-0.4, -0.2) is 61.2 Å². The van der Waals surface area contributed by atoms with Crippen LogP contribution >= 0.6 is 0 Å². The molecule has 0 radical (unpaired) electrons. The van der Waals surface area contributed by atoms with Gasteiger partial charge in [-0.1, -0.05) is 12.1 Å². The standard InChI is InChI=1S/C30H23F4N5O7/c1-44-16-46-25-13-18(31)7-8-20(25)23-14-21(22(15-35)26(37-23)38-27(40)24-6-3-11-45-24)17-4-2-5-19(12-17)39(10-9-36-29(42)43)28(41)30(32,33)34/h2-8,11-14,36H,9-10,16H2,1H3,(H,42,43)(H,37,38,40). The maximum atomic E-state index is 14.2. The number of anilines is 2. The van der Waals surface area contributed by atoms with E-state index < -0.39 is 43.0 Å². The van der Waals surface area contributed by atoms with Crippen LogP contribution in [0.4, 0.5) is 33.9 Å². The van der Waals surface area contributed by atoms with Crippen LogP contribution in [0.15, 0.2) is 71.3 Å². The zero-order valence-corrected chi connectivity index (χ0v) is 23.7. The van der Waals surface area contributed by atoms with Crippen LogP contribution in [-0.2, 0) is 9.53 Å². The van der Waals surface area contributed by atoms with E-state index in [1.165, 1.54) is 61.9 Å². The number of hydrogen-bond acceptors (Lipinski definition) is 8. The van der Waals surface area contributed by atoms with Gasteiger partial charge in [-0.2, -0.15) is 18.4 Å². The summed E-state index contributed by atoms with van der Waals surface area (Å²) >= 11 is 0. The summed E-state index contributed by atoms with van der Waals surface area (Å²) in [5, 5.41) is 23.4. The highest BCUT2D eigenvalue weighted by Crippen LogP contribution is 2.38. The van der Waals surface area contributed by atoms with Crippen molar-refractivity contribution < 1.29 is 50.9 Å². The van der Waals surface area contributed by atoms with Gasteiger partial charge in [0.2, 0.25) is 0 Å². The van der Waals surface area contributed by atoms with Gasteiger partial charge in [-0.15, -0.1) is 0 Å². The zero-order chi connectivity index (χ0) is 33.4. The molecular formula is C30H23F4N5O7. The largest absolute Gasteiger partial charge is 0.471 e. The topological polar surface area (TPSA) is 167 Å². The number of carboxylic acid groups (broad SMARTS) is 1. The van der Waals surface area contributed by atoms with E-state index in [4.69, 9.17) is 19.0 Å². The molecule has 0 spiro atoms. The number of halogens is 4. The van der Waals surface area contributed by atoms with Crippen molar-refractivity contribution in [2.75, 3.05) is 37.2 Å². The van der Waals surface area contributed by atoms with E-state index in [0.717, 1.165) is 12.1 Å². The van der Waals surface area contributed by atoms with Gasteiger partial charge in [-0.3, -0.25) is 9.59 Å². The monoisotopic (exact) mass is 641 g/mol. The van der Waals surface area contributed by atoms with Gasteiger partial charge in [0.15, 0.2) is 18.4 Å². The number of methoxy groups -OCH3 is 1. The lowest BCUT2D eigenvalue weighted by Gasteiger charge is -2.24. The first-order valence-electron chi connectivity index (χ1n) is 13.1. The number of rotatable bonds is 11. The number of nitrogens with one attached hydrogen (secondary N) is 2. The Morgan fingerprint density at radius 1 is 1.09 bits per heavy atom. The van der Waals surface area contributed by atoms with Gasteiger partial charge in [0.05, 0.1) is 12.0 Å². The van der Waals surface area contributed by atoms with Crippen LogP contribution in [0.25, 0.3) is 22.4 Å². The van der Waals surface area contributed by atoms with Crippen molar-refractivity contribution in [3.8, 4) is 34.2 Å². The molecule has 12 nitrogen and oxygen atoms in total. The molecule has 3 amide bonds. The summed E-state index contributed by atoms with van der Waals surface area (Å²) in [5.41, 5.74) is -0.0885. The van der Waals surface area contributed by atoms with Gasteiger partial charge in [-0.25, -0.2) is 14.2 Å². The number of aromatic nitrogens is 1. The summed E-state index contributed by atoms with van der Waals surface area (Å²) in [6.45, 7) is -1.48. The fraction of sp³-hybridized carbons (Fsp3) is 0.167. The van der Waals surface area contributed by atoms with Crippen LogP contribution in [0.1, 0.15) is 16.1 Å². The number of nitriles is 1. The Kier molecular flexibility index (Phi) is 10.2. The molecule has 0 atom stereocenters. The predicted octanol–water partition coefficient (Wildman–Crippen LogP) is 5.42. The van der Waals surface area contributed by atoms with Crippen LogP contribution < -0.4 is 20.3 Å². The van der Waals surface area contributed by atoms with Crippen molar-refractivity contribution in [2.24, 2.45) is 0 Å². The van der Waals surface area contributed by atoms with E-state index in [1.54, 1.807) is 0 Å². The van der Waals surface area contributed by atoms with Crippen LogP contribution in [0.2, 0.25) is 0 Å². The first kappa shape index (κ1) is 33.0. The highest BCUT2D eigenvalue weighted by Gasteiger charge is 2.43. The number of pyridine rings is 1. The Balaban J connectivity index is 1.91. The molecule has 46 heavy (non-hydrogen) atoms. The Morgan fingerprint density at radius 3 is 2.52 bits per heavy atom. The fourth-order valence-corrected chi connectivity index (χ4v) is 4.26. The van der Waals surface area contributed by atoms with E-state index in [1.807, 2.05) is 11.4 Å². The summed E-state index contributed by atoms with van der Waals surface area (Å²) in [5.74, 6) is -4.12. The Morgan fingerprint density at radius 2 is 1.87 bits per heavy atom. The molecule has 0 aliphatic carbocycles. The second-order valence-electron chi connectivity index (χ2n) is 9.25. The van der Waals surface area contributed by atoms with Crippen LogP contribution in [0.3, 0.4) is 0 Å². The van der Waals surface area contributed by atoms with E-state index in [9.17, 15) is 37.2 Å². The van der Waals surface area contributed by atoms with Gasteiger partial charge >= 0.3 is 18.2 Å². The molecule has 0 fully saturated rings. The number of ether oxygens (including phenoxy) is 2. The molecule has 16 heteroatoms. The number of furan rings is 1. The first-order chi connectivity index (χ1) is 21.9. The second kappa shape index (κ2) is 14.2. The minimum Gasteiger partial charge on any atom is -0.467 e. The highest BCUT2D eigenvalue weighted by molar-refractivity contribution is 6.03. The molecule has 0 unspecified atom stereocenters. The Bertz CT molecular complexity index is 1790. The number of hydrogen-bond donors (Lipinski definition) is 3. The molecule has 0 aliphatic heterocycles. The van der Waals surface area contributed by atoms with Crippen molar-refractivity contribution >= 4 is 29.4 Å². The molecule has 238 valence electrons. The van der Waals surface area contributed by atoms with Crippen molar-refractivity contribution in [3.05, 3.63) is 84.1 Å². The molecule has 4 aromatic rings. The minimum atomic E-state index is -5.30. The second-order valence-corrected chi connectivity index (χ2v) is 9.25. The van der Waals surface area contributed by atoms with E-state index in [2.05, 4.69) is 10.3 Å². The Hall–Kier alpha value is -5.95. The highest BCUT2D eigenvalue weighted by atomic mass is 19.4.